The maximum atomic E-state index is 5.70. The van der Waals surface area contributed by atoms with Crippen LogP contribution in [0.2, 0.25) is 0 Å². The van der Waals surface area contributed by atoms with Crippen molar-refractivity contribution in [2.75, 3.05) is 19.6 Å². The summed E-state index contributed by atoms with van der Waals surface area (Å²) >= 11 is 0. The van der Waals surface area contributed by atoms with Crippen molar-refractivity contribution in [2.24, 2.45) is 5.73 Å². The zero-order valence-electron chi connectivity index (χ0n) is 10.5. The van der Waals surface area contributed by atoms with Crippen molar-refractivity contribution in [2.45, 2.75) is 39.1 Å². The second-order valence-corrected chi connectivity index (χ2v) is 4.69. The molecule has 1 aromatic heterocycles. The van der Waals surface area contributed by atoms with Crippen LogP contribution in [0.3, 0.4) is 0 Å². The van der Waals surface area contributed by atoms with E-state index in [4.69, 9.17) is 10.5 Å². The van der Waals surface area contributed by atoms with E-state index in [2.05, 4.69) is 29.1 Å². The van der Waals surface area contributed by atoms with E-state index in [0.717, 1.165) is 31.9 Å². The standard InChI is InChI=1S/C11H21N5O/c1-9-6-15(7-10(2)17-9)3-4-16-8-11(5-12)13-14-16/h8-10H,3-7,12H2,1-2H3. The minimum Gasteiger partial charge on any atom is -0.373 e. The molecule has 0 amide bonds. The Balaban J connectivity index is 1.81. The van der Waals surface area contributed by atoms with Gasteiger partial charge >= 0.3 is 0 Å². The molecule has 1 saturated heterocycles. The van der Waals surface area contributed by atoms with Crippen LogP contribution in [0.25, 0.3) is 0 Å². The molecule has 1 fully saturated rings. The Morgan fingerprint density at radius 1 is 1.35 bits per heavy atom. The fourth-order valence-electron chi connectivity index (χ4n) is 2.25. The van der Waals surface area contributed by atoms with Gasteiger partial charge in [0.1, 0.15) is 0 Å². The molecular weight excluding hydrogens is 218 g/mol. The van der Waals surface area contributed by atoms with Crippen LogP contribution in [0.4, 0.5) is 0 Å². The molecule has 6 nitrogen and oxygen atoms in total. The Kier molecular flexibility index (Phi) is 4.09. The first-order valence-corrected chi connectivity index (χ1v) is 6.14. The summed E-state index contributed by atoms with van der Waals surface area (Å²) in [7, 11) is 0. The Bertz CT molecular complexity index is 343. The van der Waals surface area contributed by atoms with E-state index >= 15 is 0 Å². The number of nitrogens with two attached hydrogens (primary N) is 1. The van der Waals surface area contributed by atoms with Gasteiger partial charge in [0, 0.05) is 32.4 Å². The number of ether oxygens (including phenoxy) is 1. The maximum absolute atomic E-state index is 5.70. The summed E-state index contributed by atoms with van der Waals surface area (Å²) < 4.78 is 7.55. The van der Waals surface area contributed by atoms with Gasteiger partial charge in [-0.3, -0.25) is 9.58 Å². The molecule has 0 aromatic carbocycles. The zero-order valence-corrected chi connectivity index (χ0v) is 10.5. The number of nitrogens with zero attached hydrogens (tertiary/aromatic N) is 4. The van der Waals surface area contributed by atoms with Crippen molar-refractivity contribution < 1.29 is 4.74 Å². The van der Waals surface area contributed by atoms with Crippen LogP contribution in [0.15, 0.2) is 6.20 Å². The van der Waals surface area contributed by atoms with Crippen LogP contribution in [0.1, 0.15) is 19.5 Å². The summed E-state index contributed by atoms with van der Waals surface area (Å²) in [6, 6.07) is 0. The van der Waals surface area contributed by atoms with Gasteiger partial charge in [0.15, 0.2) is 0 Å². The molecule has 1 aliphatic heterocycles. The van der Waals surface area contributed by atoms with E-state index in [0.29, 0.717) is 18.8 Å². The molecule has 2 rings (SSSR count). The molecule has 6 heteroatoms. The molecule has 0 radical (unpaired) electrons. The van der Waals surface area contributed by atoms with Gasteiger partial charge in [-0.05, 0) is 13.8 Å². The summed E-state index contributed by atoms with van der Waals surface area (Å²) in [5, 5.41) is 8.01. The van der Waals surface area contributed by atoms with Crippen LogP contribution in [0, 0.1) is 0 Å². The highest BCUT2D eigenvalue weighted by Gasteiger charge is 2.21. The van der Waals surface area contributed by atoms with Crippen LogP contribution in [-0.2, 0) is 17.8 Å². The van der Waals surface area contributed by atoms with Crippen molar-refractivity contribution in [1.82, 2.24) is 19.9 Å². The number of aromatic nitrogens is 3. The van der Waals surface area contributed by atoms with Crippen molar-refractivity contribution in [1.29, 1.82) is 0 Å². The Morgan fingerprint density at radius 2 is 2.06 bits per heavy atom. The Morgan fingerprint density at radius 3 is 2.65 bits per heavy atom. The van der Waals surface area contributed by atoms with Gasteiger partial charge in [-0.1, -0.05) is 5.21 Å². The van der Waals surface area contributed by atoms with E-state index in [9.17, 15) is 0 Å². The van der Waals surface area contributed by atoms with Gasteiger partial charge in [0.2, 0.25) is 0 Å². The van der Waals surface area contributed by atoms with Gasteiger partial charge in [-0.2, -0.15) is 0 Å². The molecular formula is C11H21N5O. The molecule has 2 unspecified atom stereocenters. The summed E-state index contributed by atoms with van der Waals surface area (Å²) in [6.45, 7) is 8.49. The smallest absolute Gasteiger partial charge is 0.0962 e. The van der Waals surface area contributed by atoms with Crippen molar-refractivity contribution in [3.8, 4) is 0 Å². The van der Waals surface area contributed by atoms with Crippen molar-refractivity contribution >= 4 is 0 Å². The lowest BCUT2D eigenvalue weighted by atomic mass is 10.2. The SMILES string of the molecule is CC1CN(CCn2cc(CN)nn2)CC(C)O1. The number of morpholine rings is 1. The first kappa shape index (κ1) is 12.5. The average molecular weight is 239 g/mol. The highest BCUT2D eigenvalue weighted by Crippen LogP contribution is 2.10. The monoisotopic (exact) mass is 239 g/mol. The third-order valence-electron chi connectivity index (χ3n) is 2.94. The molecule has 0 spiro atoms. The molecule has 0 aliphatic carbocycles. The van der Waals surface area contributed by atoms with Crippen LogP contribution < -0.4 is 5.73 Å². The molecule has 2 N–H and O–H groups in total. The predicted molar refractivity (Wildman–Crippen MR) is 64.4 cm³/mol. The van der Waals surface area contributed by atoms with Crippen LogP contribution in [0.5, 0.6) is 0 Å². The Labute approximate surface area is 102 Å². The first-order valence-electron chi connectivity index (χ1n) is 6.14. The van der Waals surface area contributed by atoms with Gasteiger partial charge in [0.05, 0.1) is 24.4 Å². The van der Waals surface area contributed by atoms with E-state index in [1.807, 2.05) is 10.9 Å². The number of rotatable bonds is 4. The van der Waals surface area contributed by atoms with E-state index < -0.39 is 0 Å². The topological polar surface area (TPSA) is 69.2 Å². The average Bonchev–Trinajstić information content (AvgIpc) is 2.73. The molecule has 2 atom stereocenters. The van der Waals surface area contributed by atoms with Gasteiger partial charge in [0.25, 0.3) is 0 Å². The minimum atomic E-state index is 0.314. The highest BCUT2D eigenvalue weighted by atomic mass is 16.5. The second-order valence-electron chi connectivity index (χ2n) is 4.69. The fourth-order valence-corrected chi connectivity index (χ4v) is 2.25. The van der Waals surface area contributed by atoms with Gasteiger partial charge < -0.3 is 10.5 Å². The summed E-state index contributed by atoms with van der Waals surface area (Å²) in [5.74, 6) is 0. The lowest BCUT2D eigenvalue weighted by Gasteiger charge is -2.35. The summed E-state index contributed by atoms with van der Waals surface area (Å²) in [6.07, 6.45) is 2.54. The van der Waals surface area contributed by atoms with Crippen LogP contribution in [-0.4, -0.2) is 51.7 Å². The molecule has 2 heterocycles. The van der Waals surface area contributed by atoms with E-state index in [1.54, 1.807) is 0 Å². The van der Waals surface area contributed by atoms with Gasteiger partial charge in [-0.25, -0.2) is 0 Å². The lowest BCUT2D eigenvalue weighted by Crippen LogP contribution is -2.46. The molecule has 96 valence electrons. The third-order valence-corrected chi connectivity index (χ3v) is 2.94. The molecule has 0 saturated carbocycles. The molecule has 17 heavy (non-hydrogen) atoms. The van der Waals surface area contributed by atoms with Crippen molar-refractivity contribution in [3.63, 3.8) is 0 Å². The summed E-state index contributed by atoms with van der Waals surface area (Å²) in [4.78, 5) is 2.41. The van der Waals surface area contributed by atoms with E-state index in [1.165, 1.54) is 0 Å². The predicted octanol–water partition coefficient (Wildman–Crippen LogP) is -0.154. The highest BCUT2D eigenvalue weighted by molar-refractivity contribution is 4.90. The Hall–Kier alpha value is -0.980. The van der Waals surface area contributed by atoms with E-state index in [-0.39, 0.29) is 0 Å². The van der Waals surface area contributed by atoms with Crippen LogP contribution >= 0.6 is 0 Å². The largest absolute Gasteiger partial charge is 0.373 e. The molecule has 1 aliphatic rings. The second kappa shape index (κ2) is 5.57. The minimum absolute atomic E-state index is 0.314. The van der Waals surface area contributed by atoms with Crippen molar-refractivity contribution in [3.05, 3.63) is 11.9 Å². The third kappa shape index (κ3) is 3.49. The molecule has 1 aromatic rings. The fraction of sp³-hybridized carbons (Fsp3) is 0.818. The quantitative estimate of drug-likeness (QED) is 0.791. The zero-order chi connectivity index (χ0) is 12.3. The molecule has 0 bridgehead atoms. The normalized spacial score (nSPS) is 26.3. The van der Waals surface area contributed by atoms with Gasteiger partial charge in [-0.15, -0.1) is 5.10 Å². The number of hydrogen-bond donors (Lipinski definition) is 1. The number of hydrogen-bond acceptors (Lipinski definition) is 5. The maximum Gasteiger partial charge on any atom is 0.0962 e. The lowest BCUT2D eigenvalue weighted by molar-refractivity contribution is -0.0687. The summed E-state index contributed by atoms with van der Waals surface area (Å²) in [5.41, 5.74) is 6.34. The first-order chi connectivity index (χ1) is 8.17.